The molecule has 2 atom stereocenters. The minimum absolute atomic E-state index is 0.00803. The molecule has 0 spiro atoms. The number of carbonyl (C=O) groups is 1. The maximum atomic E-state index is 11.4. The number of carboxylic acids is 1. The molecule has 2 saturated heterocycles. The van der Waals surface area contributed by atoms with E-state index in [1.165, 1.54) is 0 Å². The van der Waals surface area contributed by atoms with Crippen LogP contribution in [-0.4, -0.2) is 66.2 Å². The highest BCUT2D eigenvalue weighted by Crippen LogP contribution is 2.24. The molecule has 0 saturated carbocycles. The summed E-state index contributed by atoms with van der Waals surface area (Å²) in [6, 6.07) is -0.352. The van der Waals surface area contributed by atoms with Gasteiger partial charge < -0.3 is 10.2 Å². The average molecular weight is 263 g/mol. The van der Waals surface area contributed by atoms with Gasteiger partial charge in [-0.3, -0.25) is 9.69 Å². The van der Waals surface area contributed by atoms with Crippen LogP contribution in [0.25, 0.3) is 0 Å². The third kappa shape index (κ3) is 2.78. The molecule has 2 unspecified atom stereocenters. The van der Waals surface area contributed by atoms with Crippen LogP contribution >= 0.6 is 0 Å². The van der Waals surface area contributed by atoms with Crippen LogP contribution in [0.2, 0.25) is 0 Å². The molecule has 7 heteroatoms. The van der Waals surface area contributed by atoms with E-state index in [2.05, 4.69) is 0 Å². The summed E-state index contributed by atoms with van der Waals surface area (Å²) in [6.45, 7) is 1.10. The van der Waals surface area contributed by atoms with Crippen LogP contribution in [0.3, 0.4) is 0 Å². The first-order valence-electron chi connectivity index (χ1n) is 5.74. The SMILES string of the molecule is O=C(O)C1CCN(C2CS(=O)(=O)CC2O)CC1. The van der Waals surface area contributed by atoms with Gasteiger partial charge in [-0.15, -0.1) is 0 Å². The highest BCUT2D eigenvalue weighted by atomic mass is 32.2. The Bertz CT molecular complexity index is 399. The van der Waals surface area contributed by atoms with Crippen molar-refractivity contribution in [3.63, 3.8) is 0 Å². The van der Waals surface area contributed by atoms with E-state index in [4.69, 9.17) is 5.11 Å². The average Bonchev–Trinajstić information content (AvgIpc) is 2.52. The maximum absolute atomic E-state index is 11.4. The van der Waals surface area contributed by atoms with Gasteiger partial charge in [-0.1, -0.05) is 0 Å². The highest BCUT2D eigenvalue weighted by Gasteiger charge is 2.41. The number of aliphatic carboxylic acids is 1. The van der Waals surface area contributed by atoms with Crippen LogP contribution in [0.5, 0.6) is 0 Å². The lowest BCUT2D eigenvalue weighted by molar-refractivity contribution is -0.143. The molecule has 98 valence electrons. The lowest BCUT2D eigenvalue weighted by Gasteiger charge is -2.35. The molecule has 2 fully saturated rings. The smallest absolute Gasteiger partial charge is 0.306 e. The topological polar surface area (TPSA) is 94.9 Å². The van der Waals surface area contributed by atoms with E-state index in [1.807, 2.05) is 4.90 Å². The number of hydrogen-bond acceptors (Lipinski definition) is 5. The van der Waals surface area contributed by atoms with Gasteiger partial charge >= 0.3 is 5.97 Å². The first kappa shape index (κ1) is 12.8. The monoisotopic (exact) mass is 263 g/mol. The van der Waals surface area contributed by atoms with Crippen LogP contribution in [0.1, 0.15) is 12.8 Å². The number of hydrogen-bond donors (Lipinski definition) is 2. The van der Waals surface area contributed by atoms with E-state index < -0.39 is 21.9 Å². The molecular weight excluding hydrogens is 246 g/mol. The van der Waals surface area contributed by atoms with Crippen molar-refractivity contribution in [2.45, 2.75) is 25.0 Å². The first-order chi connectivity index (χ1) is 7.89. The van der Waals surface area contributed by atoms with Gasteiger partial charge in [0.2, 0.25) is 0 Å². The molecule has 17 heavy (non-hydrogen) atoms. The molecule has 0 aliphatic carbocycles. The van der Waals surface area contributed by atoms with Crippen molar-refractivity contribution >= 4 is 15.8 Å². The van der Waals surface area contributed by atoms with Gasteiger partial charge in [0.15, 0.2) is 9.84 Å². The van der Waals surface area contributed by atoms with Crippen molar-refractivity contribution in [1.82, 2.24) is 4.90 Å². The normalized spacial score (nSPS) is 34.9. The number of aliphatic hydroxyl groups excluding tert-OH is 1. The molecular formula is C10H17NO5S. The summed E-state index contributed by atoms with van der Waals surface area (Å²) < 4.78 is 22.8. The fraction of sp³-hybridized carbons (Fsp3) is 0.900. The summed E-state index contributed by atoms with van der Waals surface area (Å²) in [5.41, 5.74) is 0. The Kier molecular flexibility index (Phi) is 3.42. The van der Waals surface area contributed by atoms with E-state index in [1.54, 1.807) is 0 Å². The Balaban J connectivity index is 1.96. The Labute approximate surface area is 100 Å². The number of rotatable bonds is 2. The molecule has 0 aromatic rings. The quantitative estimate of drug-likeness (QED) is 0.659. The highest BCUT2D eigenvalue weighted by molar-refractivity contribution is 7.91. The van der Waals surface area contributed by atoms with E-state index in [0.717, 1.165) is 0 Å². The van der Waals surface area contributed by atoms with Gasteiger partial charge in [-0.25, -0.2) is 8.42 Å². The van der Waals surface area contributed by atoms with Crippen molar-refractivity contribution < 1.29 is 23.4 Å². The maximum Gasteiger partial charge on any atom is 0.306 e. The molecule has 2 aliphatic rings. The summed E-state index contributed by atoms with van der Waals surface area (Å²) in [7, 11) is -3.13. The van der Waals surface area contributed by atoms with Crippen LogP contribution in [0.4, 0.5) is 0 Å². The Morgan fingerprint density at radius 3 is 2.18 bits per heavy atom. The van der Waals surface area contributed by atoms with Gasteiger partial charge in [-0.2, -0.15) is 0 Å². The largest absolute Gasteiger partial charge is 0.481 e. The minimum atomic E-state index is -3.13. The van der Waals surface area contributed by atoms with Gasteiger partial charge in [0, 0.05) is 0 Å². The van der Waals surface area contributed by atoms with Crippen molar-refractivity contribution in [3.8, 4) is 0 Å². The number of piperidine rings is 1. The van der Waals surface area contributed by atoms with Crippen LogP contribution in [0, 0.1) is 5.92 Å². The van der Waals surface area contributed by atoms with E-state index in [9.17, 15) is 18.3 Å². The molecule has 2 N–H and O–H groups in total. The van der Waals surface area contributed by atoms with Crippen molar-refractivity contribution in [2.24, 2.45) is 5.92 Å². The molecule has 2 aliphatic heterocycles. The lowest BCUT2D eigenvalue weighted by Crippen LogP contribution is -2.47. The van der Waals surface area contributed by atoms with Crippen molar-refractivity contribution in [3.05, 3.63) is 0 Å². The molecule has 0 aromatic carbocycles. The molecule has 0 aromatic heterocycles. The van der Waals surface area contributed by atoms with E-state index in [-0.39, 0.29) is 23.5 Å². The van der Waals surface area contributed by atoms with Gasteiger partial charge in [0.1, 0.15) is 0 Å². The predicted molar refractivity (Wildman–Crippen MR) is 60.4 cm³/mol. The third-order valence-corrected chi connectivity index (χ3v) is 5.34. The van der Waals surface area contributed by atoms with Crippen molar-refractivity contribution in [2.75, 3.05) is 24.6 Å². The second kappa shape index (κ2) is 4.55. The van der Waals surface area contributed by atoms with Crippen LogP contribution in [0.15, 0.2) is 0 Å². The molecule has 0 bridgehead atoms. The molecule has 6 nitrogen and oxygen atoms in total. The first-order valence-corrected chi connectivity index (χ1v) is 7.56. The van der Waals surface area contributed by atoms with Crippen molar-refractivity contribution in [1.29, 1.82) is 0 Å². The van der Waals surface area contributed by atoms with E-state index >= 15 is 0 Å². The van der Waals surface area contributed by atoms with E-state index in [0.29, 0.717) is 25.9 Å². The number of aliphatic hydroxyl groups is 1. The fourth-order valence-electron chi connectivity index (χ4n) is 2.64. The van der Waals surface area contributed by atoms with Gasteiger partial charge in [0.25, 0.3) is 0 Å². The third-order valence-electron chi connectivity index (χ3n) is 3.64. The summed E-state index contributed by atoms with van der Waals surface area (Å²) in [5, 5.41) is 18.6. The Morgan fingerprint density at radius 1 is 1.18 bits per heavy atom. The Morgan fingerprint density at radius 2 is 1.76 bits per heavy atom. The van der Waals surface area contributed by atoms with Crippen LogP contribution in [-0.2, 0) is 14.6 Å². The number of sulfone groups is 1. The molecule has 2 heterocycles. The summed E-state index contributed by atoms with van der Waals surface area (Å²) in [5.74, 6) is -1.30. The summed E-state index contributed by atoms with van der Waals surface area (Å²) >= 11 is 0. The standard InChI is InChI=1S/C10H17NO5S/c12-9-6-17(15,16)5-8(9)11-3-1-7(2-4-11)10(13)14/h7-9,12H,1-6H2,(H,13,14). The zero-order valence-electron chi connectivity index (χ0n) is 9.45. The molecule has 2 rings (SSSR count). The predicted octanol–water partition coefficient (Wildman–Crippen LogP) is -1.06. The second-order valence-electron chi connectivity index (χ2n) is 4.86. The number of nitrogens with zero attached hydrogens (tertiary/aromatic N) is 1. The molecule has 0 radical (unpaired) electrons. The fourth-order valence-corrected chi connectivity index (χ4v) is 4.47. The summed E-state index contributed by atoms with van der Waals surface area (Å²) in [6.07, 6.45) is 0.221. The summed E-state index contributed by atoms with van der Waals surface area (Å²) in [4.78, 5) is 12.7. The number of likely N-dealkylation sites (tertiary alicyclic amines) is 1. The van der Waals surface area contributed by atoms with Gasteiger partial charge in [-0.05, 0) is 25.9 Å². The van der Waals surface area contributed by atoms with Crippen LogP contribution < -0.4 is 0 Å². The number of carboxylic acid groups (broad SMARTS) is 1. The zero-order chi connectivity index (χ0) is 12.6. The minimum Gasteiger partial charge on any atom is -0.481 e. The second-order valence-corrected chi connectivity index (χ2v) is 7.01. The molecule has 0 amide bonds. The van der Waals surface area contributed by atoms with Gasteiger partial charge in [0.05, 0.1) is 29.6 Å². The Hall–Kier alpha value is -0.660. The lowest BCUT2D eigenvalue weighted by atomic mass is 9.95. The zero-order valence-corrected chi connectivity index (χ0v) is 10.3.